The molecule has 1 aromatic carbocycles. The maximum atomic E-state index is 10.7. The van der Waals surface area contributed by atoms with E-state index in [1.54, 1.807) is 12.1 Å². The quantitative estimate of drug-likeness (QED) is 0.648. The summed E-state index contributed by atoms with van der Waals surface area (Å²) >= 11 is 0. The van der Waals surface area contributed by atoms with Crippen LogP contribution in [0.4, 0.5) is 0 Å². The summed E-state index contributed by atoms with van der Waals surface area (Å²) in [4.78, 5) is 10.7. The minimum atomic E-state index is -1.06. The molecule has 62 valence electrons. The van der Waals surface area contributed by atoms with Crippen LogP contribution in [0.1, 0.15) is 15.9 Å². The van der Waals surface area contributed by atoms with E-state index in [9.17, 15) is 4.79 Å². The van der Waals surface area contributed by atoms with Crippen molar-refractivity contribution in [2.75, 3.05) is 0 Å². The predicted molar refractivity (Wildman–Crippen MR) is 48.1 cm³/mol. The van der Waals surface area contributed by atoms with Crippen molar-refractivity contribution in [1.29, 1.82) is 5.26 Å². The van der Waals surface area contributed by atoms with Crippen LogP contribution in [0.3, 0.4) is 0 Å². The summed E-state index contributed by atoms with van der Waals surface area (Å²) in [5.41, 5.74) is 0.977. The largest absolute Gasteiger partial charge is 0.478 e. The minimum absolute atomic E-state index is 0.0852. The summed E-state index contributed by atoms with van der Waals surface area (Å²) in [7, 11) is 5.42. The molecule has 0 saturated heterocycles. The monoisotopic (exact) mass is 171 g/mol. The van der Waals surface area contributed by atoms with Crippen molar-refractivity contribution < 1.29 is 9.90 Å². The van der Waals surface area contributed by atoms with Gasteiger partial charge in [0.25, 0.3) is 0 Å². The predicted octanol–water partition coefficient (Wildman–Crippen LogP) is 0.245. The van der Waals surface area contributed by atoms with Crippen LogP contribution in [0.15, 0.2) is 18.2 Å². The summed E-state index contributed by atoms with van der Waals surface area (Å²) in [5, 5.41) is 17.2. The van der Waals surface area contributed by atoms with Gasteiger partial charge in [-0.25, -0.2) is 4.79 Å². The highest BCUT2D eigenvalue weighted by Crippen LogP contribution is 2.07. The van der Waals surface area contributed by atoms with E-state index in [0.717, 1.165) is 0 Å². The van der Waals surface area contributed by atoms with Crippen LogP contribution < -0.4 is 5.46 Å². The van der Waals surface area contributed by atoms with E-state index >= 15 is 0 Å². The Morgan fingerprint density at radius 3 is 2.85 bits per heavy atom. The number of carboxylic acid groups (broad SMARTS) is 1. The summed E-state index contributed by atoms with van der Waals surface area (Å²) in [6.07, 6.45) is 0.0852. The molecule has 1 N–H and O–H groups in total. The first-order valence-electron chi connectivity index (χ1n) is 3.64. The zero-order valence-corrected chi connectivity index (χ0v) is 6.82. The van der Waals surface area contributed by atoms with Crippen molar-refractivity contribution in [3.05, 3.63) is 29.3 Å². The zero-order valence-electron chi connectivity index (χ0n) is 6.82. The van der Waals surface area contributed by atoms with Gasteiger partial charge in [-0.15, -0.1) is 0 Å². The molecule has 0 aliphatic rings. The minimum Gasteiger partial charge on any atom is -0.478 e. The Hall–Kier alpha value is -1.76. The van der Waals surface area contributed by atoms with Gasteiger partial charge < -0.3 is 5.11 Å². The van der Waals surface area contributed by atoms with Crippen molar-refractivity contribution in [2.24, 2.45) is 0 Å². The van der Waals surface area contributed by atoms with E-state index in [-0.39, 0.29) is 12.0 Å². The van der Waals surface area contributed by atoms with Gasteiger partial charge in [0.05, 0.1) is 18.1 Å². The van der Waals surface area contributed by atoms with Crippen molar-refractivity contribution >= 4 is 19.3 Å². The molecule has 13 heavy (non-hydrogen) atoms. The number of benzene rings is 1. The third-order valence-electron chi connectivity index (χ3n) is 1.63. The molecule has 0 atom stereocenters. The second-order valence-corrected chi connectivity index (χ2v) is 2.56. The molecule has 0 aromatic heterocycles. The maximum Gasteiger partial charge on any atom is 0.335 e. The molecule has 0 unspecified atom stereocenters. The lowest BCUT2D eigenvalue weighted by Gasteiger charge is -2.02. The Bertz CT molecular complexity index is 382. The second kappa shape index (κ2) is 3.77. The van der Waals surface area contributed by atoms with Gasteiger partial charge in [-0.05, 0) is 5.56 Å². The van der Waals surface area contributed by atoms with E-state index in [4.69, 9.17) is 18.2 Å². The van der Waals surface area contributed by atoms with Crippen LogP contribution in [-0.2, 0) is 6.42 Å². The number of carboxylic acids is 1. The lowest BCUT2D eigenvalue weighted by Crippen LogP contribution is -2.10. The molecule has 0 amide bonds. The van der Waals surface area contributed by atoms with Gasteiger partial charge in [0.1, 0.15) is 7.85 Å². The lowest BCUT2D eigenvalue weighted by molar-refractivity contribution is 0.0696. The highest BCUT2D eigenvalue weighted by molar-refractivity contribution is 6.32. The van der Waals surface area contributed by atoms with Gasteiger partial charge in [0.2, 0.25) is 0 Å². The molecule has 2 radical (unpaired) electrons. The third kappa shape index (κ3) is 2.09. The maximum absolute atomic E-state index is 10.7. The average molecular weight is 171 g/mol. The third-order valence-corrected chi connectivity index (χ3v) is 1.63. The molecule has 0 saturated carbocycles. The molecule has 0 spiro atoms. The average Bonchev–Trinajstić information content (AvgIpc) is 2.08. The van der Waals surface area contributed by atoms with Gasteiger partial charge in [-0.2, -0.15) is 5.26 Å². The fraction of sp³-hybridized carbons (Fsp3) is 0.111. The van der Waals surface area contributed by atoms with Crippen LogP contribution in [-0.4, -0.2) is 18.9 Å². The molecule has 1 rings (SSSR count). The van der Waals surface area contributed by atoms with Gasteiger partial charge >= 0.3 is 5.97 Å². The first-order chi connectivity index (χ1) is 6.15. The van der Waals surface area contributed by atoms with Crippen LogP contribution in [0.25, 0.3) is 0 Å². The highest BCUT2D eigenvalue weighted by Gasteiger charge is 2.08. The molecule has 0 aliphatic heterocycles. The Balaban J connectivity index is 3.20. The fourth-order valence-electron chi connectivity index (χ4n) is 1.03. The molecule has 0 aliphatic carbocycles. The number of nitrogens with zero attached hydrogens (tertiary/aromatic N) is 1. The van der Waals surface area contributed by atoms with Crippen molar-refractivity contribution in [3.8, 4) is 6.07 Å². The number of rotatable bonds is 2. The fourth-order valence-corrected chi connectivity index (χ4v) is 1.03. The molecule has 0 heterocycles. The molecule has 4 heteroatoms. The van der Waals surface area contributed by atoms with Crippen LogP contribution in [0.2, 0.25) is 0 Å². The SMILES string of the molecule is [B]c1ccc(CC#N)c(C(=O)O)c1. The number of hydrogen-bond donors (Lipinski definition) is 1. The van der Waals surface area contributed by atoms with Crippen LogP contribution in [0, 0.1) is 11.3 Å². The van der Waals surface area contributed by atoms with E-state index in [1.165, 1.54) is 6.07 Å². The van der Waals surface area contributed by atoms with E-state index in [0.29, 0.717) is 11.0 Å². The molecule has 1 aromatic rings. The van der Waals surface area contributed by atoms with E-state index in [1.807, 2.05) is 6.07 Å². The van der Waals surface area contributed by atoms with Gasteiger partial charge in [-0.1, -0.05) is 23.7 Å². The molecular weight excluding hydrogens is 165 g/mol. The summed E-state index contributed by atoms with van der Waals surface area (Å²) in [6, 6.07) is 6.39. The summed E-state index contributed by atoms with van der Waals surface area (Å²) in [6.45, 7) is 0. The molecule has 0 bridgehead atoms. The number of hydrogen-bond acceptors (Lipinski definition) is 2. The highest BCUT2D eigenvalue weighted by atomic mass is 16.4. The van der Waals surface area contributed by atoms with Gasteiger partial charge in [0, 0.05) is 0 Å². The van der Waals surface area contributed by atoms with Crippen molar-refractivity contribution in [3.63, 3.8) is 0 Å². The number of carbonyl (C=O) groups is 1. The van der Waals surface area contributed by atoms with Gasteiger partial charge in [0.15, 0.2) is 0 Å². The Labute approximate surface area is 77.0 Å². The lowest BCUT2D eigenvalue weighted by atomic mass is 9.91. The van der Waals surface area contributed by atoms with Crippen LogP contribution >= 0.6 is 0 Å². The Kier molecular flexibility index (Phi) is 2.71. The smallest absolute Gasteiger partial charge is 0.335 e. The van der Waals surface area contributed by atoms with Crippen molar-refractivity contribution in [2.45, 2.75) is 6.42 Å². The number of nitriles is 1. The molecule has 0 fully saturated rings. The molecular formula is C9H6BNO2. The first-order valence-corrected chi connectivity index (χ1v) is 3.64. The van der Waals surface area contributed by atoms with Crippen molar-refractivity contribution in [1.82, 2.24) is 0 Å². The second-order valence-electron chi connectivity index (χ2n) is 2.56. The zero-order chi connectivity index (χ0) is 9.84. The standard InChI is InChI=1S/C9H6BNO2/c10-7-2-1-6(3-4-11)8(5-7)9(12)13/h1-2,5H,3H2,(H,12,13). The Morgan fingerprint density at radius 2 is 2.31 bits per heavy atom. The summed E-state index contributed by atoms with van der Waals surface area (Å²) < 4.78 is 0. The first kappa shape index (κ1) is 9.33. The van der Waals surface area contributed by atoms with Crippen LogP contribution in [0.5, 0.6) is 0 Å². The Morgan fingerprint density at radius 1 is 1.62 bits per heavy atom. The molecule has 3 nitrogen and oxygen atoms in total. The normalized spacial score (nSPS) is 9.15. The number of aromatic carboxylic acids is 1. The van der Waals surface area contributed by atoms with Gasteiger partial charge in [-0.3, -0.25) is 0 Å². The summed E-state index contributed by atoms with van der Waals surface area (Å²) in [5.74, 6) is -1.06. The van der Waals surface area contributed by atoms with E-state index < -0.39 is 5.97 Å². The van der Waals surface area contributed by atoms with E-state index in [2.05, 4.69) is 0 Å². The topological polar surface area (TPSA) is 61.1 Å².